The Morgan fingerprint density at radius 1 is 1.73 bits per heavy atom. The normalized spacial score (nSPS) is 8.82. The molecule has 0 aliphatic carbocycles. The summed E-state index contributed by atoms with van der Waals surface area (Å²) in [5, 5.41) is 17.3. The van der Waals surface area contributed by atoms with E-state index in [4.69, 9.17) is 5.73 Å². The first-order valence-electron chi connectivity index (χ1n) is 2.49. The molecule has 7 heteroatoms. The zero-order chi connectivity index (χ0) is 7.72. The van der Waals surface area contributed by atoms with Crippen molar-refractivity contribution in [3.05, 3.63) is 5.69 Å². The average Bonchev–Trinajstić information content (AvgIpc) is 2.14. The molecule has 0 radical (unpaired) electrons. The third-order valence-electron chi connectivity index (χ3n) is 1.01. The van der Waals surface area contributed by atoms with Crippen molar-refractivity contribution >= 4 is 5.91 Å². The molecule has 0 aliphatic heterocycles. The fourth-order valence-corrected chi connectivity index (χ4v) is 0.503. The van der Waals surface area contributed by atoms with Crippen molar-refractivity contribution < 1.29 is 39.5 Å². The predicted octanol–water partition coefficient (Wildman–Crippen LogP) is -5.01. The minimum absolute atomic E-state index is 0. The molecule has 0 saturated carbocycles. The van der Waals surface area contributed by atoms with Gasteiger partial charge in [-0.05, 0) is 0 Å². The number of carbonyl (C=O) groups excluding carboxylic acids is 1. The van der Waals surface area contributed by atoms with Gasteiger partial charge in [0.15, 0.2) is 5.69 Å². The maximum absolute atomic E-state index is 10.7. The molecule has 0 unspecified atom stereocenters. The van der Waals surface area contributed by atoms with E-state index >= 15 is 0 Å². The van der Waals surface area contributed by atoms with Gasteiger partial charge in [-0.25, -0.2) is 0 Å². The number of aromatic nitrogens is 3. The number of hydrogen-bond donors (Lipinski definition) is 1. The summed E-state index contributed by atoms with van der Waals surface area (Å²) in [6.07, 6.45) is 0. The smallest absolute Gasteiger partial charge is 0.857 e. The molecule has 0 fully saturated rings. The van der Waals surface area contributed by atoms with E-state index in [2.05, 4.69) is 10.3 Å². The SMILES string of the molecule is Cn1nnc(C(N)=O)c1[O-].[Na+]. The first-order chi connectivity index (χ1) is 4.63. The van der Waals surface area contributed by atoms with Gasteiger partial charge in [-0.1, -0.05) is 5.21 Å². The second kappa shape index (κ2) is 3.70. The second-order valence-corrected chi connectivity index (χ2v) is 1.73. The van der Waals surface area contributed by atoms with Gasteiger partial charge in [-0.2, -0.15) is 0 Å². The summed E-state index contributed by atoms with van der Waals surface area (Å²) in [6.45, 7) is 0. The summed E-state index contributed by atoms with van der Waals surface area (Å²) in [5.41, 5.74) is 4.46. The van der Waals surface area contributed by atoms with E-state index in [1.807, 2.05) is 0 Å². The van der Waals surface area contributed by atoms with Crippen molar-refractivity contribution in [1.29, 1.82) is 0 Å². The van der Waals surface area contributed by atoms with Crippen LogP contribution >= 0.6 is 0 Å². The Bertz CT molecular complexity index is 271. The molecule has 0 aromatic carbocycles. The van der Waals surface area contributed by atoms with Gasteiger partial charge in [0.2, 0.25) is 0 Å². The van der Waals surface area contributed by atoms with Crippen LogP contribution in [0.3, 0.4) is 0 Å². The Balaban J connectivity index is 0.000001000. The zero-order valence-electron chi connectivity index (χ0n) is 6.24. The van der Waals surface area contributed by atoms with Crippen molar-refractivity contribution in [2.24, 2.45) is 12.8 Å². The van der Waals surface area contributed by atoms with Crippen molar-refractivity contribution in [2.75, 3.05) is 0 Å². The van der Waals surface area contributed by atoms with Crippen LogP contribution in [0.4, 0.5) is 0 Å². The van der Waals surface area contributed by atoms with Gasteiger partial charge in [-0.3, -0.25) is 9.48 Å². The molecule has 0 atom stereocenters. The molecule has 1 aromatic rings. The van der Waals surface area contributed by atoms with Gasteiger partial charge in [0.1, 0.15) is 0 Å². The molecule has 0 spiro atoms. The second-order valence-electron chi connectivity index (χ2n) is 1.73. The van der Waals surface area contributed by atoms with Crippen LogP contribution in [0.15, 0.2) is 0 Å². The van der Waals surface area contributed by atoms with Crippen molar-refractivity contribution in [2.45, 2.75) is 0 Å². The van der Waals surface area contributed by atoms with Crippen molar-refractivity contribution in [3.8, 4) is 5.88 Å². The van der Waals surface area contributed by atoms with Crippen LogP contribution < -0.4 is 40.4 Å². The largest absolute Gasteiger partial charge is 1.00 e. The maximum atomic E-state index is 10.7. The zero-order valence-corrected chi connectivity index (χ0v) is 8.24. The Hall–Kier alpha value is -0.590. The van der Waals surface area contributed by atoms with Crippen LogP contribution in [0.1, 0.15) is 10.5 Å². The van der Waals surface area contributed by atoms with Crippen LogP contribution in [0.2, 0.25) is 0 Å². The van der Waals surface area contributed by atoms with E-state index in [0.29, 0.717) is 0 Å². The van der Waals surface area contributed by atoms with Crippen LogP contribution in [0.25, 0.3) is 0 Å². The fraction of sp³-hybridized carbons (Fsp3) is 0.250. The topological polar surface area (TPSA) is 96.9 Å². The molecule has 1 heterocycles. The van der Waals surface area contributed by atoms with E-state index in [1.165, 1.54) is 7.05 Å². The molecule has 0 bridgehead atoms. The molecule has 11 heavy (non-hydrogen) atoms. The van der Waals surface area contributed by atoms with Crippen molar-refractivity contribution in [1.82, 2.24) is 15.0 Å². The Labute approximate surface area is 84.7 Å². The van der Waals surface area contributed by atoms with Gasteiger partial charge >= 0.3 is 29.6 Å². The Kier molecular flexibility index (Phi) is 3.50. The molecule has 2 N–H and O–H groups in total. The number of amides is 1. The predicted molar refractivity (Wildman–Crippen MR) is 29.0 cm³/mol. The molecule has 1 aromatic heterocycles. The molecule has 0 aliphatic rings. The number of hydrogen-bond acceptors (Lipinski definition) is 4. The van der Waals surface area contributed by atoms with Gasteiger partial charge in [0.05, 0.1) is 0 Å². The summed E-state index contributed by atoms with van der Waals surface area (Å²) in [6, 6.07) is 0. The van der Waals surface area contributed by atoms with Gasteiger partial charge in [0.25, 0.3) is 5.91 Å². The summed E-state index contributed by atoms with van der Waals surface area (Å²) in [4.78, 5) is 10.3. The number of primary amides is 1. The summed E-state index contributed by atoms with van der Waals surface area (Å²) < 4.78 is 0.945. The first kappa shape index (κ1) is 10.4. The number of nitrogens with two attached hydrogens (primary N) is 1. The first-order valence-corrected chi connectivity index (χ1v) is 2.49. The van der Waals surface area contributed by atoms with Gasteiger partial charge in [0, 0.05) is 12.9 Å². The summed E-state index contributed by atoms with van der Waals surface area (Å²) >= 11 is 0. The monoisotopic (exact) mass is 164 g/mol. The standard InChI is InChI=1S/C4H6N4O2.Na/c1-8-4(10)2(3(5)9)6-7-8;/h10H,1H3,(H2,5,9);/q;+1/p-1. The van der Waals surface area contributed by atoms with Gasteiger partial charge in [-0.15, -0.1) is 5.10 Å². The van der Waals surface area contributed by atoms with E-state index in [9.17, 15) is 9.90 Å². The number of rotatable bonds is 1. The minimum Gasteiger partial charge on any atom is -0.857 e. The average molecular weight is 164 g/mol. The molecule has 6 nitrogen and oxygen atoms in total. The van der Waals surface area contributed by atoms with E-state index in [1.54, 1.807) is 0 Å². The van der Waals surface area contributed by atoms with Gasteiger partial charge < -0.3 is 10.8 Å². The van der Waals surface area contributed by atoms with E-state index in [0.717, 1.165) is 4.68 Å². The number of aryl methyl sites for hydroxylation is 1. The van der Waals surface area contributed by atoms with Crippen LogP contribution in [0.5, 0.6) is 5.88 Å². The molecule has 54 valence electrons. The molecule has 1 rings (SSSR count). The number of carbonyl (C=O) groups is 1. The van der Waals surface area contributed by atoms with Crippen LogP contribution in [-0.2, 0) is 7.05 Å². The third-order valence-corrected chi connectivity index (χ3v) is 1.01. The van der Waals surface area contributed by atoms with E-state index in [-0.39, 0.29) is 35.3 Å². The number of nitrogens with zero attached hydrogens (tertiary/aromatic N) is 3. The fourth-order valence-electron chi connectivity index (χ4n) is 0.503. The van der Waals surface area contributed by atoms with Crippen molar-refractivity contribution in [3.63, 3.8) is 0 Å². The molecule has 0 saturated heterocycles. The Morgan fingerprint density at radius 2 is 2.27 bits per heavy atom. The van der Waals surface area contributed by atoms with Crippen LogP contribution in [-0.4, -0.2) is 20.9 Å². The molecular formula is C4H5N4NaO2. The Morgan fingerprint density at radius 3 is 2.45 bits per heavy atom. The maximum Gasteiger partial charge on any atom is 1.00 e. The van der Waals surface area contributed by atoms with Crippen LogP contribution in [0, 0.1) is 0 Å². The summed E-state index contributed by atoms with van der Waals surface area (Å²) in [7, 11) is 1.39. The minimum atomic E-state index is -0.849. The van der Waals surface area contributed by atoms with E-state index < -0.39 is 11.8 Å². The molecule has 1 amide bonds. The third kappa shape index (κ3) is 1.92. The summed E-state index contributed by atoms with van der Waals surface area (Å²) in [5.74, 6) is -1.41. The molecular weight excluding hydrogens is 159 g/mol. The quantitative estimate of drug-likeness (QED) is 0.420.